The molecule has 1 aliphatic rings. The summed E-state index contributed by atoms with van der Waals surface area (Å²) >= 11 is 1.61. The summed E-state index contributed by atoms with van der Waals surface area (Å²) in [4.78, 5) is 13.2. The molecular formula is C16H21NOS. The maximum absolute atomic E-state index is 12.1. The van der Waals surface area contributed by atoms with Crippen molar-refractivity contribution in [3.8, 4) is 0 Å². The summed E-state index contributed by atoms with van der Waals surface area (Å²) in [5.41, 5.74) is 2.29. The maximum Gasteiger partial charge on any atom is 0.252 e. The van der Waals surface area contributed by atoms with Gasteiger partial charge in [-0.2, -0.15) is 0 Å². The minimum Gasteiger partial charge on any atom is -0.352 e. The van der Waals surface area contributed by atoms with Gasteiger partial charge in [-0.05, 0) is 50.5 Å². The van der Waals surface area contributed by atoms with Crippen molar-refractivity contribution in [2.75, 3.05) is 12.8 Å². The first-order chi connectivity index (χ1) is 9.31. The van der Waals surface area contributed by atoms with Crippen molar-refractivity contribution in [2.45, 2.75) is 37.0 Å². The van der Waals surface area contributed by atoms with Crippen molar-refractivity contribution >= 4 is 17.7 Å². The van der Waals surface area contributed by atoms with Crippen LogP contribution in [0.3, 0.4) is 0 Å². The quantitative estimate of drug-likeness (QED) is 0.649. The van der Waals surface area contributed by atoms with Crippen LogP contribution in [0.2, 0.25) is 0 Å². The first kappa shape index (κ1) is 14.2. The lowest BCUT2D eigenvalue weighted by atomic mass is 9.97. The first-order valence-electron chi connectivity index (χ1n) is 6.90. The average molecular weight is 275 g/mol. The first-order valence-corrected chi connectivity index (χ1v) is 8.13. The molecule has 1 aromatic carbocycles. The van der Waals surface area contributed by atoms with E-state index in [0.717, 1.165) is 23.4 Å². The third kappa shape index (κ3) is 4.13. The van der Waals surface area contributed by atoms with E-state index in [0.29, 0.717) is 0 Å². The molecule has 19 heavy (non-hydrogen) atoms. The van der Waals surface area contributed by atoms with Gasteiger partial charge in [-0.25, -0.2) is 0 Å². The second-order valence-electron chi connectivity index (χ2n) is 4.81. The number of thioether (sulfide) groups is 1. The number of hydrogen-bond acceptors (Lipinski definition) is 2. The van der Waals surface area contributed by atoms with Crippen LogP contribution in [0.25, 0.3) is 0 Å². The lowest BCUT2D eigenvalue weighted by Gasteiger charge is -2.13. The predicted molar refractivity (Wildman–Crippen MR) is 81.7 cm³/mol. The molecule has 1 N–H and O–H groups in total. The number of nitrogens with one attached hydrogen (secondary N) is 1. The molecule has 0 saturated heterocycles. The Morgan fingerprint density at radius 1 is 1.32 bits per heavy atom. The molecule has 1 aliphatic carbocycles. The standard InChI is InChI=1S/C16H21NOS/c1-19-15-10-6-5-9-14(15)16(18)17-12-11-13-7-3-2-4-8-13/h5-7,9-10H,2-4,8,11-12H2,1H3,(H,17,18). The van der Waals surface area contributed by atoms with Crippen molar-refractivity contribution in [3.05, 3.63) is 41.5 Å². The molecular weight excluding hydrogens is 254 g/mol. The van der Waals surface area contributed by atoms with Gasteiger partial charge in [0.05, 0.1) is 5.56 Å². The minimum absolute atomic E-state index is 0.0429. The molecule has 0 atom stereocenters. The van der Waals surface area contributed by atoms with Gasteiger partial charge in [0.25, 0.3) is 5.91 Å². The van der Waals surface area contributed by atoms with Crippen LogP contribution in [0.4, 0.5) is 0 Å². The highest BCUT2D eigenvalue weighted by molar-refractivity contribution is 7.98. The van der Waals surface area contributed by atoms with Crippen molar-refractivity contribution < 1.29 is 4.79 Å². The molecule has 0 aliphatic heterocycles. The molecule has 0 radical (unpaired) electrons. The number of hydrogen-bond donors (Lipinski definition) is 1. The summed E-state index contributed by atoms with van der Waals surface area (Å²) in [6.45, 7) is 0.743. The Bertz CT molecular complexity index is 468. The van der Waals surface area contributed by atoms with Gasteiger partial charge < -0.3 is 5.32 Å². The number of benzene rings is 1. The fraction of sp³-hybridized carbons (Fsp3) is 0.438. The van der Waals surface area contributed by atoms with Crippen LogP contribution in [0.5, 0.6) is 0 Å². The van der Waals surface area contributed by atoms with E-state index in [2.05, 4.69) is 11.4 Å². The molecule has 2 nitrogen and oxygen atoms in total. The highest BCUT2D eigenvalue weighted by Crippen LogP contribution is 2.21. The van der Waals surface area contributed by atoms with Crippen LogP contribution in [-0.2, 0) is 0 Å². The van der Waals surface area contributed by atoms with Gasteiger partial charge in [0, 0.05) is 11.4 Å². The smallest absolute Gasteiger partial charge is 0.252 e. The Morgan fingerprint density at radius 2 is 2.16 bits per heavy atom. The monoisotopic (exact) mass is 275 g/mol. The number of allylic oxidation sites excluding steroid dienone is 1. The normalized spacial score (nSPS) is 14.9. The van der Waals surface area contributed by atoms with Crippen molar-refractivity contribution in [3.63, 3.8) is 0 Å². The second kappa shape index (κ2) is 7.39. The lowest BCUT2D eigenvalue weighted by molar-refractivity contribution is 0.0951. The van der Waals surface area contributed by atoms with Crippen molar-refractivity contribution in [2.24, 2.45) is 0 Å². The van der Waals surface area contributed by atoms with Crippen LogP contribution in [0.1, 0.15) is 42.5 Å². The van der Waals surface area contributed by atoms with Gasteiger partial charge in [0.1, 0.15) is 0 Å². The highest BCUT2D eigenvalue weighted by Gasteiger charge is 2.10. The molecule has 0 fully saturated rings. The van der Waals surface area contributed by atoms with E-state index in [9.17, 15) is 4.79 Å². The summed E-state index contributed by atoms with van der Waals surface area (Å²) in [5.74, 6) is 0.0429. The molecule has 1 aromatic rings. The Hall–Kier alpha value is -1.22. The predicted octanol–water partition coefficient (Wildman–Crippen LogP) is 4.03. The van der Waals surface area contributed by atoms with E-state index >= 15 is 0 Å². The third-order valence-electron chi connectivity index (χ3n) is 3.47. The van der Waals surface area contributed by atoms with Gasteiger partial charge in [0.2, 0.25) is 0 Å². The Balaban J connectivity index is 1.85. The van der Waals surface area contributed by atoms with Gasteiger partial charge in [-0.1, -0.05) is 23.8 Å². The topological polar surface area (TPSA) is 29.1 Å². The zero-order valence-electron chi connectivity index (χ0n) is 11.4. The number of carbonyl (C=O) groups excluding carboxylic acids is 1. The second-order valence-corrected chi connectivity index (χ2v) is 5.66. The van der Waals surface area contributed by atoms with E-state index in [-0.39, 0.29) is 5.91 Å². The van der Waals surface area contributed by atoms with Crippen LogP contribution < -0.4 is 5.32 Å². The Labute approximate surface area is 119 Å². The largest absolute Gasteiger partial charge is 0.352 e. The summed E-state index contributed by atoms with van der Waals surface area (Å²) in [6.07, 6.45) is 10.4. The average Bonchev–Trinajstić information content (AvgIpc) is 2.48. The SMILES string of the molecule is CSc1ccccc1C(=O)NCCC1=CCCCC1. The Kier molecular flexibility index (Phi) is 5.52. The van der Waals surface area contributed by atoms with Crippen molar-refractivity contribution in [1.29, 1.82) is 0 Å². The molecule has 0 saturated carbocycles. The van der Waals surface area contributed by atoms with Gasteiger partial charge in [-0.3, -0.25) is 4.79 Å². The van der Waals surface area contributed by atoms with E-state index in [4.69, 9.17) is 0 Å². The van der Waals surface area contributed by atoms with Crippen molar-refractivity contribution in [1.82, 2.24) is 5.32 Å². The molecule has 1 amide bonds. The number of amides is 1. The number of rotatable bonds is 5. The molecule has 0 spiro atoms. The molecule has 2 rings (SSSR count). The highest BCUT2D eigenvalue weighted by atomic mass is 32.2. The summed E-state index contributed by atoms with van der Waals surface area (Å²) < 4.78 is 0. The summed E-state index contributed by atoms with van der Waals surface area (Å²) in [6, 6.07) is 7.76. The minimum atomic E-state index is 0.0429. The van der Waals surface area contributed by atoms with Crippen LogP contribution in [0, 0.1) is 0 Å². The molecule has 0 bridgehead atoms. The summed E-state index contributed by atoms with van der Waals surface area (Å²) in [7, 11) is 0. The fourth-order valence-corrected chi connectivity index (χ4v) is 2.99. The number of carbonyl (C=O) groups is 1. The fourth-order valence-electron chi connectivity index (χ4n) is 2.40. The maximum atomic E-state index is 12.1. The van der Waals surface area contributed by atoms with E-state index < -0.39 is 0 Å². The lowest BCUT2D eigenvalue weighted by Crippen LogP contribution is -2.25. The van der Waals surface area contributed by atoms with Crippen LogP contribution >= 0.6 is 11.8 Å². The van der Waals surface area contributed by atoms with Crippen LogP contribution in [-0.4, -0.2) is 18.7 Å². The molecule has 0 heterocycles. The molecule has 102 valence electrons. The molecule has 0 aromatic heterocycles. The summed E-state index contributed by atoms with van der Waals surface area (Å²) in [5, 5.41) is 3.03. The molecule has 0 unspecified atom stereocenters. The Morgan fingerprint density at radius 3 is 2.89 bits per heavy atom. The van der Waals surface area contributed by atoms with Gasteiger partial charge >= 0.3 is 0 Å². The van der Waals surface area contributed by atoms with Gasteiger partial charge in [-0.15, -0.1) is 11.8 Å². The van der Waals surface area contributed by atoms with E-state index in [1.54, 1.807) is 11.8 Å². The third-order valence-corrected chi connectivity index (χ3v) is 4.26. The van der Waals surface area contributed by atoms with Crippen LogP contribution in [0.15, 0.2) is 40.8 Å². The van der Waals surface area contributed by atoms with Gasteiger partial charge in [0.15, 0.2) is 0 Å². The molecule has 3 heteroatoms. The zero-order chi connectivity index (χ0) is 13.5. The van der Waals surface area contributed by atoms with E-state index in [1.807, 2.05) is 30.5 Å². The van der Waals surface area contributed by atoms with E-state index in [1.165, 1.54) is 31.3 Å². The zero-order valence-corrected chi connectivity index (χ0v) is 12.3.